The zero-order valence-corrected chi connectivity index (χ0v) is 11.6. The average Bonchev–Trinajstić information content (AvgIpc) is 2.66. The smallest absolute Gasteiger partial charge is 0.108 e. The third-order valence-electron chi connectivity index (χ3n) is 2.38. The molecule has 2 aromatic rings. The van der Waals surface area contributed by atoms with Crippen molar-refractivity contribution in [2.45, 2.75) is 13.0 Å². The molecule has 0 saturated carbocycles. The molecule has 0 heterocycles. The Labute approximate surface area is 138 Å². The number of benzene rings is 2. The summed E-state index contributed by atoms with van der Waals surface area (Å²) >= 11 is 0. The quantitative estimate of drug-likeness (QED) is 0.801. The monoisotopic (exact) mass is 281 g/mol. The van der Waals surface area contributed by atoms with Crippen molar-refractivity contribution >= 4 is 0 Å². The van der Waals surface area contributed by atoms with E-state index in [1.807, 2.05) is 0 Å². The standard InChI is InChI=1S/C18H23NO/c1-15-9-7-8-12-17(15)18(20-14-13-19(2)3)16-10-5-4-6-11-16/h4-12,18H,13-14H2,1-3H3/i4D,5D,6D,7D,8D,9D,10D,11D,12D,14D2,18D. The van der Waals surface area contributed by atoms with Crippen molar-refractivity contribution in [1.29, 1.82) is 0 Å². The number of rotatable bonds is 6. The first kappa shape index (κ1) is 5.63. The zero-order chi connectivity index (χ0) is 24.9. The van der Waals surface area contributed by atoms with Crippen LogP contribution in [0, 0.1) is 6.92 Å². The second kappa shape index (κ2) is 7.22. The summed E-state index contributed by atoms with van der Waals surface area (Å²) < 4.78 is 104. The van der Waals surface area contributed by atoms with Crippen LogP contribution in [0.1, 0.15) is 39.2 Å². The van der Waals surface area contributed by atoms with E-state index in [4.69, 9.17) is 21.2 Å². The van der Waals surface area contributed by atoms with Gasteiger partial charge in [-0.1, -0.05) is 54.4 Å². The molecule has 1 atom stereocenters. The second-order valence-electron chi connectivity index (χ2n) is 4.31. The summed E-state index contributed by atoms with van der Waals surface area (Å²) in [7, 11) is 3.08. The van der Waals surface area contributed by atoms with Gasteiger partial charge in [-0.25, -0.2) is 0 Å². The summed E-state index contributed by atoms with van der Waals surface area (Å²) in [5.74, 6) is 0. The fourth-order valence-corrected chi connectivity index (χ4v) is 1.43. The predicted octanol–water partition coefficient (Wildman–Crippen LogP) is 3.66. The highest BCUT2D eigenvalue weighted by atomic mass is 16.5. The first-order chi connectivity index (χ1) is 14.5. The van der Waals surface area contributed by atoms with Crippen LogP contribution in [-0.2, 0) is 4.74 Å². The van der Waals surface area contributed by atoms with E-state index in [2.05, 4.69) is 0 Å². The lowest BCUT2D eigenvalue weighted by molar-refractivity contribution is 0.0683. The van der Waals surface area contributed by atoms with Gasteiger partial charge in [-0.05, 0) is 37.7 Å². The highest BCUT2D eigenvalue weighted by Gasteiger charge is 2.16. The molecule has 0 saturated heterocycles. The third-order valence-corrected chi connectivity index (χ3v) is 2.38. The van der Waals surface area contributed by atoms with Gasteiger partial charge >= 0.3 is 0 Å². The molecule has 0 amide bonds. The van der Waals surface area contributed by atoms with Crippen LogP contribution >= 0.6 is 0 Å². The Hall–Kier alpha value is -1.64. The summed E-state index contributed by atoms with van der Waals surface area (Å²) in [6, 6.07) is -6.52. The van der Waals surface area contributed by atoms with Gasteiger partial charge in [0, 0.05) is 6.54 Å². The summed E-state index contributed by atoms with van der Waals surface area (Å²) in [6.45, 7) is -1.70. The molecule has 2 heteroatoms. The molecule has 0 radical (unpaired) electrons. The molecule has 0 spiro atoms. The first-order valence-electron chi connectivity index (χ1n) is 12.0. The lowest BCUT2D eigenvalue weighted by Crippen LogP contribution is -2.20. The molecule has 0 N–H and O–H groups in total. The first-order valence-corrected chi connectivity index (χ1v) is 5.97. The van der Waals surface area contributed by atoms with Crippen molar-refractivity contribution in [3.63, 3.8) is 0 Å². The van der Waals surface area contributed by atoms with Gasteiger partial charge in [0.25, 0.3) is 0 Å². The van der Waals surface area contributed by atoms with Crippen molar-refractivity contribution in [3.8, 4) is 0 Å². The molecular formula is C18H23NO. The van der Waals surface area contributed by atoms with Gasteiger partial charge in [-0.15, -0.1) is 0 Å². The van der Waals surface area contributed by atoms with Crippen molar-refractivity contribution in [2.75, 3.05) is 27.2 Å². The van der Waals surface area contributed by atoms with E-state index in [1.165, 1.54) is 25.9 Å². The maximum absolute atomic E-state index is 9.10. The highest BCUT2D eigenvalue weighted by Crippen LogP contribution is 2.28. The minimum atomic E-state index is -2.90. The molecule has 0 aliphatic carbocycles. The molecule has 0 fully saturated rings. The molecule has 0 bridgehead atoms. The Morgan fingerprint density at radius 1 is 1.15 bits per heavy atom. The van der Waals surface area contributed by atoms with Crippen molar-refractivity contribution < 1.29 is 21.2 Å². The van der Waals surface area contributed by atoms with Crippen molar-refractivity contribution in [3.05, 3.63) is 71.1 Å². The molecule has 106 valence electrons. The van der Waals surface area contributed by atoms with Gasteiger partial charge in [0.2, 0.25) is 0 Å². The molecule has 20 heavy (non-hydrogen) atoms. The normalized spacial score (nSPS) is 23.4. The summed E-state index contributed by atoms with van der Waals surface area (Å²) in [5, 5.41) is 0. The SMILES string of the molecule is [2H]c1c([2H])c([2H])c(C([2H])(OC([2H])([2H])CN(C)C)c2c([2H])c([2H])c([2H])c([2H])c2C)c([2H])c1[2H]. The molecule has 0 aliphatic rings. The summed E-state index contributed by atoms with van der Waals surface area (Å²) in [4.78, 5) is 1.41. The van der Waals surface area contributed by atoms with E-state index in [9.17, 15) is 0 Å². The second-order valence-corrected chi connectivity index (χ2v) is 4.31. The van der Waals surface area contributed by atoms with Crippen LogP contribution in [0.5, 0.6) is 0 Å². The largest absolute Gasteiger partial charge is 0.367 e. The fraction of sp³-hybridized carbons (Fsp3) is 0.333. The Balaban J connectivity index is 3.06. The Bertz CT molecular complexity index is 941. The Morgan fingerprint density at radius 3 is 2.50 bits per heavy atom. The topological polar surface area (TPSA) is 12.5 Å². The van der Waals surface area contributed by atoms with Crippen LogP contribution in [-0.4, -0.2) is 32.1 Å². The van der Waals surface area contributed by atoms with E-state index >= 15 is 0 Å². The molecular weight excluding hydrogens is 246 g/mol. The van der Waals surface area contributed by atoms with Crippen LogP contribution in [0.25, 0.3) is 0 Å². The Kier molecular flexibility index (Phi) is 2.03. The van der Waals surface area contributed by atoms with E-state index in [-0.39, 0.29) is 12.1 Å². The van der Waals surface area contributed by atoms with Crippen LogP contribution < -0.4 is 0 Å². The zero-order valence-electron chi connectivity index (χ0n) is 23.6. The van der Waals surface area contributed by atoms with Crippen LogP contribution in [0.2, 0.25) is 0 Å². The number of ether oxygens (including phenoxy) is 1. The lowest BCUT2D eigenvalue weighted by Gasteiger charge is -2.22. The molecule has 2 aromatic carbocycles. The minimum absolute atomic E-state index is 0.168. The number of likely N-dealkylation sites (N-methyl/N-ethyl adjacent to an activating group) is 1. The summed E-state index contributed by atoms with van der Waals surface area (Å²) in [6.07, 6.45) is -2.90. The third kappa shape index (κ3) is 3.92. The van der Waals surface area contributed by atoms with E-state index < -0.39 is 78.1 Å². The van der Waals surface area contributed by atoms with Crippen LogP contribution in [0.15, 0.2) is 54.4 Å². The fourth-order valence-electron chi connectivity index (χ4n) is 1.43. The summed E-state index contributed by atoms with van der Waals surface area (Å²) in [5.41, 5.74) is -1.46. The van der Waals surface area contributed by atoms with Crippen LogP contribution in [0.4, 0.5) is 0 Å². The Morgan fingerprint density at radius 2 is 1.80 bits per heavy atom. The molecule has 0 aliphatic heterocycles. The molecule has 2 nitrogen and oxygen atoms in total. The van der Waals surface area contributed by atoms with Gasteiger partial charge in [0.05, 0.1) is 23.0 Å². The predicted molar refractivity (Wildman–Crippen MR) is 84.0 cm³/mol. The van der Waals surface area contributed by atoms with Crippen molar-refractivity contribution in [2.24, 2.45) is 0 Å². The maximum atomic E-state index is 9.10. The van der Waals surface area contributed by atoms with E-state index in [0.717, 1.165) is 0 Å². The number of hydrogen-bond acceptors (Lipinski definition) is 2. The van der Waals surface area contributed by atoms with Crippen molar-refractivity contribution in [1.82, 2.24) is 4.90 Å². The molecule has 1 unspecified atom stereocenters. The van der Waals surface area contributed by atoms with Gasteiger partial charge < -0.3 is 9.64 Å². The minimum Gasteiger partial charge on any atom is -0.367 e. The highest BCUT2D eigenvalue weighted by molar-refractivity contribution is 5.35. The average molecular weight is 281 g/mol. The number of hydrogen-bond donors (Lipinski definition) is 0. The molecule has 0 aromatic heterocycles. The number of nitrogens with zero attached hydrogens (tertiary/aromatic N) is 1. The van der Waals surface area contributed by atoms with E-state index in [1.54, 1.807) is 0 Å². The van der Waals surface area contributed by atoms with Gasteiger partial charge in [0.1, 0.15) is 6.08 Å². The van der Waals surface area contributed by atoms with E-state index in [0.29, 0.717) is 0 Å². The van der Waals surface area contributed by atoms with Crippen LogP contribution in [0.3, 0.4) is 0 Å². The maximum Gasteiger partial charge on any atom is 0.108 e. The van der Waals surface area contributed by atoms with Gasteiger partial charge in [-0.2, -0.15) is 0 Å². The van der Waals surface area contributed by atoms with Gasteiger partial charge in [0.15, 0.2) is 0 Å². The molecule has 2 rings (SSSR count). The lowest BCUT2D eigenvalue weighted by atomic mass is 9.97. The van der Waals surface area contributed by atoms with Gasteiger partial charge in [-0.3, -0.25) is 0 Å².